The number of hydrogen-bond donors (Lipinski definition) is 3. The van der Waals surface area contributed by atoms with Gasteiger partial charge < -0.3 is 15.7 Å². The molecule has 124 valence electrons. The number of nitrogens with one attached hydrogen (secondary N) is 2. The minimum Gasteiger partial charge on any atom is -0.481 e. The maximum absolute atomic E-state index is 12.0. The lowest BCUT2D eigenvalue weighted by Gasteiger charge is -2.11. The van der Waals surface area contributed by atoms with Crippen LogP contribution in [-0.2, 0) is 20.8 Å². The quantitative estimate of drug-likeness (QED) is 0.745. The molecule has 1 aliphatic rings. The fourth-order valence-corrected chi connectivity index (χ4v) is 2.88. The van der Waals surface area contributed by atoms with Crippen LogP contribution in [0.15, 0.2) is 24.3 Å². The van der Waals surface area contributed by atoms with Crippen molar-refractivity contribution < 1.29 is 19.5 Å². The summed E-state index contributed by atoms with van der Waals surface area (Å²) in [5.41, 5.74) is 1.81. The van der Waals surface area contributed by atoms with Crippen LogP contribution in [0.25, 0.3) is 0 Å². The molecule has 1 aromatic carbocycles. The molecule has 2 amide bonds. The molecule has 0 aliphatic heterocycles. The predicted octanol–water partition coefficient (Wildman–Crippen LogP) is 1.80. The monoisotopic (exact) mass is 318 g/mol. The van der Waals surface area contributed by atoms with Gasteiger partial charge >= 0.3 is 5.97 Å². The van der Waals surface area contributed by atoms with Crippen molar-refractivity contribution in [1.29, 1.82) is 0 Å². The van der Waals surface area contributed by atoms with Crippen molar-refractivity contribution >= 4 is 23.5 Å². The number of benzene rings is 1. The molecule has 6 heteroatoms. The number of aliphatic carboxylic acids is 1. The van der Waals surface area contributed by atoms with Gasteiger partial charge in [0.15, 0.2) is 0 Å². The lowest BCUT2D eigenvalue weighted by atomic mass is 10.0. The molecule has 0 aromatic heterocycles. The Labute approximate surface area is 135 Å². The van der Waals surface area contributed by atoms with Crippen molar-refractivity contribution in [2.24, 2.45) is 11.8 Å². The molecule has 1 aliphatic carbocycles. The number of anilines is 1. The number of carboxylic acid groups (broad SMARTS) is 1. The summed E-state index contributed by atoms with van der Waals surface area (Å²) in [7, 11) is 0. The van der Waals surface area contributed by atoms with E-state index in [1.54, 1.807) is 0 Å². The van der Waals surface area contributed by atoms with Gasteiger partial charge in [0.1, 0.15) is 0 Å². The van der Waals surface area contributed by atoms with Crippen LogP contribution in [0.3, 0.4) is 0 Å². The van der Waals surface area contributed by atoms with Gasteiger partial charge in [0.05, 0.1) is 5.92 Å². The van der Waals surface area contributed by atoms with Gasteiger partial charge in [-0.2, -0.15) is 0 Å². The predicted molar refractivity (Wildman–Crippen MR) is 85.9 cm³/mol. The fourth-order valence-electron chi connectivity index (χ4n) is 2.88. The Morgan fingerprint density at radius 1 is 1.13 bits per heavy atom. The van der Waals surface area contributed by atoms with Gasteiger partial charge in [-0.15, -0.1) is 0 Å². The third-order valence-corrected chi connectivity index (χ3v) is 4.14. The molecule has 2 atom stereocenters. The largest absolute Gasteiger partial charge is 0.481 e. The van der Waals surface area contributed by atoms with Crippen LogP contribution in [-0.4, -0.2) is 29.4 Å². The summed E-state index contributed by atoms with van der Waals surface area (Å²) >= 11 is 0. The number of carbonyl (C=O) groups excluding carboxylic acids is 2. The molecule has 1 aromatic rings. The first-order valence-corrected chi connectivity index (χ1v) is 7.82. The number of rotatable bonds is 6. The van der Waals surface area contributed by atoms with Crippen molar-refractivity contribution in [3.63, 3.8) is 0 Å². The van der Waals surface area contributed by atoms with Crippen LogP contribution in [0.1, 0.15) is 31.7 Å². The molecular weight excluding hydrogens is 296 g/mol. The van der Waals surface area contributed by atoms with Crippen LogP contribution in [0, 0.1) is 11.8 Å². The van der Waals surface area contributed by atoms with E-state index in [1.165, 1.54) is 6.92 Å². The third kappa shape index (κ3) is 5.09. The van der Waals surface area contributed by atoms with Gasteiger partial charge in [-0.3, -0.25) is 14.4 Å². The summed E-state index contributed by atoms with van der Waals surface area (Å²) in [5, 5.41) is 14.5. The van der Waals surface area contributed by atoms with E-state index in [0.717, 1.165) is 11.3 Å². The molecule has 3 N–H and O–H groups in total. The molecule has 2 rings (SSSR count). The van der Waals surface area contributed by atoms with Gasteiger partial charge in [-0.05, 0) is 43.4 Å². The molecule has 0 saturated heterocycles. The first kappa shape index (κ1) is 17.0. The summed E-state index contributed by atoms with van der Waals surface area (Å²) in [6.07, 6.45) is 2.36. The lowest BCUT2D eigenvalue weighted by molar-refractivity contribution is -0.141. The van der Waals surface area contributed by atoms with Crippen molar-refractivity contribution in [2.45, 2.75) is 32.6 Å². The maximum atomic E-state index is 12.0. The average molecular weight is 318 g/mol. The number of hydrogen-bond acceptors (Lipinski definition) is 3. The molecule has 0 heterocycles. The Balaban J connectivity index is 1.73. The molecule has 0 radical (unpaired) electrons. The second-order valence-electron chi connectivity index (χ2n) is 5.96. The molecule has 23 heavy (non-hydrogen) atoms. The lowest BCUT2D eigenvalue weighted by Crippen LogP contribution is -2.31. The van der Waals surface area contributed by atoms with Crippen molar-refractivity contribution in [3.05, 3.63) is 29.8 Å². The van der Waals surface area contributed by atoms with Gasteiger partial charge in [-0.1, -0.05) is 12.1 Å². The molecule has 0 spiro atoms. The molecule has 6 nitrogen and oxygen atoms in total. The Bertz CT molecular complexity index is 583. The van der Waals surface area contributed by atoms with Crippen LogP contribution >= 0.6 is 0 Å². The zero-order valence-corrected chi connectivity index (χ0v) is 13.2. The molecular formula is C17H22N2O4. The minimum absolute atomic E-state index is 0.0522. The zero-order chi connectivity index (χ0) is 16.8. The Morgan fingerprint density at radius 2 is 1.78 bits per heavy atom. The third-order valence-electron chi connectivity index (χ3n) is 4.14. The highest BCUT2D eigenvalue weighted by atomic mass is 16.4. The first-order valence-electron chi connectivity index (χ1n) is 7.82. The minimum atomic E-state index is -0.806. The summed E-state index contributed by atoms with van der Waals surface area (Å²) in [4.78, 5) is 33.9. The molecule has 1 saturated carbocycles. The smallest absolute Gasteiger partial charge is 0.306 e. The molecule has 0 unspecified atom stereocenters. The second-order valence-corrected chi connectivity index (χ2v) is 5.96. The van der Waals surface area contributed by atoms with Crippen molar-refractivity contribution in [2.75, 3.05) is 11.9 Å². The van der Waals surface area contributed by atoms with Crippen LogP contribution in [0.4, 0.5) is 5.69 Å². The van der Waals surface area contributed by atoms with Gasteiger partial charge in [-0.25, -0.2) is 0 Å². The first-order chi connectivity index (χ1) is 11.0. The Hall–Kier alpha value is -2.37. The Morgan fingerprint density at radius 3 is 2.35 bits per heavy atom. The van der Waals surface area contributed by atoms with E-state index >= 15 is 0 Å². The van der Waals surface area contributed by atoms with Crippen LogP contribution < -0.4 is 10.6 Å². The summed E-state index contributed by atoms with van der Waals surface area (Å²) in [6, 6.07) is 7.47. The van der Waals surface area contributed by atoms with E-state index in [9.17, 15) is 14.4 Å². The van der Waals surface area contributed by atoms with Gasteiger partial charge in [0.2, 0.25) is 11.8 Å². The summed E-state index contributed by atoms with van der Waals surface area (Å²) in [5.74, 6) is -1.53. The fraction of sp³-hybridized carbons (Fsp3) is 0.471. The topological polar surface area (TPSA) is 95.5 Å². The summed E-state index contributed by atoms with van der Waals surface area (Å²) < 4.78 is 0. The van der Waals surface area contributed by atoms with E-state index in [4.69, 9.17) is 5.11 Å². The van der Waals surface area contributed by atoms with Crippen LogP contribution in [0.2, 0.25) is 0 Å². The number of amides is 2. The standard InChI is InChI=1S/C17H22N2O4/c1-11(20)19-15-6-2-12(3-7-15)8-9-18-16(21)13-4-5-14(10-13)17(22)23/h2-3,6-7,13-14H,4-5,8-10H2,1H3,(H,18,21)(H,19,20)(H,22,23)/t13-,14+/m1/s1. The molecule has 0 bridgehead atoms. The average Bonchev–Trinajstić information content (AvgIpc) is 2.98. The number of carbonyl (C=O) groups is 3. The van der Waals surface area contributed by atoms with Gasteiger partial charge in [0.25, 0.3) is 0 Å². The highest BCUT2D eigenvalue weighted by molar-refractivity contribution is 5.88. The second kappa shape index (κ2) is 7.76. The molecule has 1 fully saturated rings. The van der Waals surface area contributed by atoms with Gasteiger partial charge in [0, 0.05) is 25.1 Å². The Kier molecular flexibility index (Phi) is 5.73. The SMILES string of the molecule is CC(=O)Nc1ccc(CCNC(=O)[C@@H]2CC[C@H](C(=O)O)C2)cc1. The van der Waals surface area contributed by atoms with Crippen molar-refractivity contribution in [3.8, 4) is 0 Å². The number of carboxylic acids is 1. The van der Waals surface area contributed by atoms with E-state index < -0.39 is 5.97 Å². The highest BCUT2D eigenvalue weighted by Gasteiger charge is 2.33. The van der Waals surface area contributed by atoms with E-state index in [-0.39, 0.29) is 23.7 Å². The van der Waals surface area contributed by atoms with E-state index in [1.807, 2.05) is 24.3 Å². The maximum Gasteiger partial charge on any atom is 0.306 e. The van der Waals surface area contributed by atoms with Crippen LogP contribution in [0.5, 0.6) is 0 Å². The zero-order valence-electron chi connectivity index (χ0n) is 13.2. The highest BCUT2D eigenvalue weighted by Crippen LogP contribution is 2.31. The van der Waals surface area contributed by atoms with E-state index in [2.05, 4.69) is 10.6 Å². The normalized spacial score (nSPS) is 20.0. The summed E-state index contributed by atoms with van der Waals surface area (Å²) in [6.45, 7) is 1.98. The van der Waals surface area contributed by atoms with E-state index in [0.29, 0.717) is 32.2 Å². The van der Waals surface area contributed by atoms with Crippen molar-refractivity contribution in [1.82, 2.24) is 5.32 Å².